The minimum absolute atomic E-state index is 0.395. The van der Waals surface area contributed by atoms with Crippen LogP contribution in [0.15, 0.2) is 195 Å². The van der Waals surface area contributed by atoms with Gasteiger partial charge in [-0.1, -0.05) is 72.7 Å². The lowest BCUT2D eigenvalue weighted by molar-refractivity contribution is 0.483. The number of pyridine rings is 2. The summed E-state index contributed by atoms with van der Waals surface area (Å²) in [5.74, 6) is 4.03. The number of hydrogen-bond acceptors (Lipinski definition) is 6. The topological polar surface area (TPSA) is 79.9 Å². The van der Waals surface area contributed by atoms with E-state index in [1.54, 1.807) is 49.1 Å². The van der Waals surface area contributed by atoms with Gasteiger partial charge in [-0.3, -0.25) is 19.1 Å². The summed E-state index contributed by atoms with van der Waals surface area (Å²) in [6.07, 6.45) is 6.86. The minimum atomic E-state index is 0.395. The van der Waals surface area contributed by atoms with Crippen LogP contribution in [0.3, 0.4) is 0 Å². The number of nitrogens with zero attached hydrogens (tertiary/aromatic N) is 6. The van der Waals surface area contributed by atoms with E-state index in [1.807, 2.05) is 97.1 Å². The third-order valence-corrected chi connectivity index (χ3v) is 10.3. The number of benzene rings is 6. The monoisotopic (exact) mass is 750 g/mol. The molecule has 5 aromatic heterocycles. The number of para-hydroxylation sites is 2. The zero-order valence-corrected chi connectivity index (χ0v) is 30.8. The Morgan fingerprint density at radius 1 is 0.379 bits per heavy atom. The van der Waals surface area contributed by atoms with Crippen LogP contribution in [-0.2, 0) is 0 Å². The lowest BCUT2D eigenvalue weighted by atomic mass is 10.1. The Hall–Kier alpha value is -8.10. The predicted molar refractivity (Wildman–Crippen MR) is 230 cm³/mol. The van der Waals surface area contributed by atoms with Crippen LogP contribution in [0.5, 0.6) is 23.0 Å². The van der Waals surface area contributed by atoms with E-state index in [2.05, 4.69) is 55.5 Å². The third kappa shape index (κ3) is 5.88. The quantitative estimate of drug-likeness (QED) is 0.154. The Balaban J connectivity index is 0.851. The van der Waals surface area contributed by atoms with E-state index in [1.165, 1.54) is 0 Å². The maximum Gasteiger partial charge on any atom is 0.137 e. The molecule has 0 fully saturated rings. The van der Waals surface area contributed by atoms with Gasteiger partial charge in [-0.05, 0) is 84.9 Å². The normalized spacial score (nSPS) is 11.9. The SMILES string of the molecule is [2H]c1ccnc(-n2c3ccccc3c3ccc(Oc4cccc(-c5cnc(-c6cccc(Oc7ccc8c9ccccc9n(-c9cc([2H])ccn9)c8c7)c6)cn5)c4)cc32)c1. The molecule has 0 atom stereocenters. The Kier molecular flexibility index (Phi) is 7.45. The molecule has 6 aromatic carbocycles. The smallest absolute Gasteiger partial charge is 0.137 e. The van der Waals surface area contributed by atoms with Crippen molar-refractivity contribution in [2.75, 3.05) is 0 Å². The molecule has 0 spiro atoms. The zero-order chi connectivity index (χ0) is 40.2. The summed E-state index contributed by atoms with van der Waals surface area (Å²) in [4.78, 5) is 18.8. The molecule has 0 aliphatic carbocycles. The van der Waals surface area contributed by atoms with Crippen molar-refractivity contribution in [2.24, 2.45) is 0 Å². The molecule has 5 heterocycles. The Labute approximate surface area is 335 Å². The van der Waals surface area contributed by atoms with Crippen LogP contribution < -0.4 is 9.47 Å². The summed E-state index contributed by atoms with van der Waals surface area (Å²) in [7, 11) is 0. The van der Waals surface area contributed by atoms with Crippen LogP contribution in [0, 0.1) is 0 Å². The van der Waals surface area contributed by atoms with Crippen molar-refractivity contribution in [3.05, 3.63) is 195 Å². The minimum Gasteiger partial charge on any atom is -0.457 e. The zero-order valence-electron chi connectivity index (χ0n) is 32.8. The fourth-order valence-corrected chi connectivity index (χ4v) is 7.74. The van der Waals surface area contributed by atoms with Gasteiger partial charge in [0.05, 0.1) is 48.6 Å². The highest BCUT2D eigenvalue weighted by molar-refractivity contribution is 6.10. The fourth-order valence-electron chi connectivity index (χ4n) is 7.74. The highest BCUT2D eigenvalue weighted by Crippen LogP contribution is 2.37. The van der Waals surface area contributed by atoms with E-state index in [4.69, 9.17) is 22.2 Å². The molecule has 11 rings (SSSR count). The van der Waals surface area contributed by atoms with Crippen molar-refractivity contribution in [2.45, 2.75) is 0 Å². The summed E-state index contributed by atoms with van der Waals surface area (Å²) < 4.78 is 33.4. The molecular weight excluding hydrogens is 717 g/mol. The summed E-state index contributed by atoms with van der Waals surface area (Å²) in [6.45, 7) is 0. The van der Waals surface area contributed by atoms with Crippen molar-refractivity contribution in [1.29, 1.82) is 0 Å². The lowest BCUT2D eigenvalue weighted by Gasteiger charge is -2.11. The van der Waals surface area contributed by atoms with E-state index in [0.29, 0.717) is 58.1 Å². The van der Waals surface area contributed by atoms with Gasteiger partial charge in [0.15, 0.2) is 0 Å². The molecule has 0 amide bonds. The van der Waals surface area contributed by atoms with Gasteiger partial charge in [0.2, 0.25) is 0 Å². The molecule has 0 radical (unpaired) electrons. The first-order chi connectivity index (χ1) is 29.5. The van der Waals surface area contributed by atoms with Gasteiger partial charge in [0.25, 0.3) is 0 Å². The molecule has 8 nitrogen and oxygen atoms in total. The Morgan fingerprint density at radius 3 is 1.29 bits per heavy atom. The first-order valence-corrected chi connectivity index (χ1v) is 18.8. The van der Waals surface area contributed by atoms with Crippen LogP contribution in [-0.4, -0.2) is 29.1 Å². The second-order valence-corrected chi connectivity index (χ2v) is 13.8. The van der Waals surface area contributed by atoms with Crippen molar-refractivity contribution in [1.82, 2.24) is 29.1 Å². The van der Waals surface area contributed by atoms with Gasteiger partial charge >= 0.3 is 0 Å². The highest BCUT2D eigenvalue weighted by Gasteiger charge is 2.16. The van der Waals surface area contributed by atoms with E-state index in [9.17, 15) is 0 Å². The first-order valence-electron chi connectivity index (χ1n) is 19.8. The predicted octanol–water partition coefficient (Wildman–Crippen LogP) is 12.4. The molecule has 11 aromatic rings. The van der Waals surface area contributed by atoms with E-state index in [0.717, 1.165) is 54.7 Å². The van der Waals surface area contributed by atoms with E-state index < -0.39 is 0 Å². The summed E-state index contributed by atoms with van der Waals surface area (Å²) in [6, 6.07) is 51.8. The molecule has 0 unspecified atom stereocenters. The molecule has 0 saturated carbocycles. The number of aromatic nitrogens is 6. The van der Waals surface area contributed by atoms with Crippen molar-refractivity contribution >= 4 is 43.6 Å². The van der Waals surface area contributed by atoms with E-state index >= 15 is 0 Å². The Bertz CT molecular complexity index is 3210. The lowest BCUT2D eigenvalue weighted by Crippen LogP contribution is -1.96. The molecule has 0 aliphatic rings. The molecule has 0 N–H and O–H groups in total. The highest BCUT2D eigenvalue weighted by atomic mass is 16.5. The first kappa shape index (κ1) is 31.1. The van der Waals surface area contributed by atoms with Crippen LogP contribution in [0.1, 0.15) is 2.74 Å². The van der Waals surface area contributed by atoms with Gasteiger partial charge in [-0.15, -0.1) is 0 Å². The molecule has 0 saturated heterocycles. The number of rotatable bonds is 8. The second-order valence-electron chi connectivity index (χ2n) is 13.8. The van der Waals surface area contributed by atoms with Gasteiger partial charge in [0.1, 0.15) is 34.6 Å². The van der Waals surface area contributed by atoms with Crippen molar-refractivity contribution in [3.8, 4) is 57.1 Å². The van der Waals surface area contributed by atoms with Gasteiger partial charge < -0.3 is 9.47 Å². The maximum atomic E-state index is 8.20. The van der Waals surface area contributed by atoms with Crippen molar-refractivity contribution < 1.29 is 12.2 Å². The average Bonchev–Trinajstić information content (AvgIpc) is 3.79. The summed E-state index contributed by atoms with van der Waals surface area (Å²) in [5, 5.41) is 4.35. The number of ether oxygens (including phenoxy) is 2. The van der Waals surface area contributed by atoms with Crippen LogP contribution >= 0.6 is 0 Å². The average molecular weight is 751 g/mol. The second kappa shape index (κ2) is 13.9. The fraction of sp³-hybridized carbons (Fsp3) is 0. The maximum absolute atomic E-state index is 8.20. The molecule has 8 heteroatoms. The molecule has 274 valence electrons. The third-order valence-electron chi connectivity index (χ3n) is 10.3. The standard InChI is InChI=1S/C50H32N6O2/c1-3-17-45-39(15-1)41-23-21-37(29-47(41)55(45)49-19-5-7-25-51-49)57-35-13-9-11-33(27-35)43-31-54-44(32-53-43)34-12-10-14-36(28-34)58-38-22-24-42-40-16-2-4-18-46(40)56(48(42)30-38)50-20-6-8-26-52-50/h1-32H/i5D,6D. The number of fused-ring (bicyclic) bond motifs is 6. The largest absolute Gasteiger partial charge is 0.457 e. The molecule has 0 bridgehead atoms. The van der Waals surface area contributed by atoms with Crippen molar-refractivity contribution in [3.63, 3.8) is 0 Å². The molecule has 58 heavy (non-hydrogen) atoms. The number of hydrogen-bond donors (Lipinski definition) is 0. The van der Waals surface area contributed by atoms with Crippen LogP contribution in [0.4, 0.5) is 0 Å². The van der Waals surface area contributed by atoms with Crippen LogP contribution in [0.2, 0.25) is 0 Å². The summed E-state index contributed by atoms with van der Waals surface area (Å²) >= 11 is 0. The molecule has 0 aliphatic heterocycles. The van der Waals surface area contributed by atoms with Gasteiger partial charge in [0, 0.05) is 57.2 Å². The summed E-state index contributed by atoms with van der Waals surface area (Å²) in [5.41, 5.74) is 7.05. The van der Waals surface area contributed by atoms with Gasteiger partial charge in [-0.2, -0.15) is 0 Å². The molecular formula is C50H32N6O2. The van der Waals surface area contributed by atoms with Crippen LogP contribution in [0.25, 0.3) is 77.8 Å². The van der Waals surface area contributed by atoms with Gasteiger partial charge in [-0.25, -0.2) is 9.97 Å². The van der Waals surface area contributed by atoms with E-state index in [-0.39, 0.29) is 0 Å². The Morgan fingerprint density at radius 2 is 0.828 bits per heavy atom.